The Kier molecular flexibility index (Phi) is 3.42. The molecule has 1 fully saturated rings. The van der Waals surface area contributed by atoms with E-state index < -0.39 is 0 Å². The first kappa shape index (κ1) is 12.0. The summed E-state index contributed by atoms with van der Waals surface area (Å²) in [5.74, 6) is 0.413. The number of amides is 1. The van der Waals surface area contributed by atoms with Crippen LogP contribution in [0.15, 0.2) is 12.3 Å². The van der Waals surface area contributed by atoms with E-state index in [1.807, 2.05) is 6.92 Å². The molecule has 1 aromatic rings. The van der Waals surface area contributed by atoms with Crippen molar-refractivity contribution in [3.63, 3.8) is 0 Å². The molecule has 0 aliphatic carbocycles. The maximum absolute atomic E-state index is 11.8. The molecule has 2 rings (SSSR count). The van der Waals surface area contributed by atoms with Crippen molar-refractivity contribution in [3.05, 3.63) is 18.0 Å². The van der Waals surface area contributed by atoms with Crippen LogP contribution in [0.1, 0.15) is 19.0 Å². The molecular weight excluding hydrogens is 238 g/mol. The van der Waals surface area contributed by atoms with Crippen molar-refractivity contribution in [2.45, 2.75) is 25.5 Å². The number of nitrogens with zero attached hydrogens (tertiary/aromatic N) is 3. The molecule has 1 amide bonds. The largest absolute Gasteiger partial charge is 0.288 e. The molecule has 1 atom stereocenters. The number of carbonyl (C=O) groups is 2. The van der Waals surface area contributed by atoms with Gasteiger partial charge in [0.1, 0.15) is 0 Å². The molecule has 17 heavy (non-hydrogen) atoms. The van der Waals surface area contributed by atoms with Crippen LogP contribution in [-0.2, 0) is 9.59 Å². The molecule has 2 heterocycles. The summed E-state index contributed by atoms with van der Waals surface area (Å²) in [5.41, 5.74) is 0.825. The summed E-state index contributed by atoms with van der Waals surface area (Å²) < 4.78 is 0. The van der Waals surface area contributed by atoms with E-state index >= 15 is 0 Å². The quantitative estimate of drug-likeness (QED) is 0.789. The lowest BCUT2D eigenvalue weighted by Crippen LogP contribution is -2.27. The highest BCUT2D eigenvalue weighted by Crippen LogP contribution is 2.26. The van der Waals surface area contributed by atoms with E-state index in [0.29, 0.717) is 18.9 Å². The number of hydrogen-bond acceptors (Lipinski definition) is 5. The van der Waals surface area contributed by atoms with Crippen LogP contribution >= 0.6 is 11.8 Å². The Hall–Kier alpha value is -1.43. The second-order valence-corrected chi connectivity index (χ2v) is 5.42. The van der Waals surface area contributed by atoms with Crippen LogP contribution in [0.3, 0.4) is 0 Å². The van der Waals surface area contributed by atoms with Gasteiger partial charge >= 0.3 is 0 Å². The van der Waals surface area contributed by atoms with Crippen LogP contribution in [0.25, 0.3) is 0 Å². The Morgan fingerprint density at radius 1 is 1.59 bits per heavy atom. The van der Waals surface area contributed by atoms with Gasteiger partial charge in [-0.25, -0.2) is 9.97 Å². The fourth-order valence-corrected chi connectivity index (χ4v) is 2.67. The zero-order valence-corrected chi connectivity index (χ0v) is 10.5. The normalized spacial score (nSPS) is 19.8. The summed E-state index contributed by atoms with van der Waals surface area (Å²) >= 11 is 1.21. The number of aryl methyl sites for hydroxylation is 1. The molecular formula is C11H13N3O2S. The Morgan fingerprint density at radius 3 is 3.00 bits per heavy atom. The number of hydrogen-bond donors (Lipinski definition) is 0. The number of aromatic nitrogens is 2. The highest BCUT2D eigenvalue weighted by molar-refractivity contribution is 8.14. The lowest BCUT2D eigenvalue weighted by atomic mass is 10.4. The fourth-order valence-electron chi connectivity index (χ4n) is 1.75. The van der Waals surface area contributed by atoms with Crippen molar-refractivity contribution >= 4 is 28.7 Å². The molecule has 90 valence electrons. The zero-order valence-electron chi connectivity index (χ0n) is 9.71. The topological polar surface area (TPSA) is 63.2 Å². The van der Waals surface area contributed by atoms with Gasteiger partial charge in [0.05, 0.1) is 0 Å². The third-order valence-corrected chi connectivity index (χ3v) is 3.43. The van der Waals surface area contributed by atoms with Gasteiger partial charge in [-0.1, -0.05) is 11.8 Å². The minimum atomic E-state index is -0.0191. The fraction of sp³-hybridized carbons (Fsp3) is 0.455. The van der Waals surface area contributed by atoms with Gasteiger partial charge in [-0.3, -0.25) is 14.5 Å². The Labute approximate surface area is 104 Å². The smallest absolute Gasteiger partial charge is 0.232 e. The van der Waals surface area contributed by atoms with Crippen LogP contribution in [0.5, 0.6) is 0 Å². The molecule has 1 aliphatic rings. The van der Waals surface area contributed by atoms with Crippen molar-refractivity contribution < 1.29 is 9.59 Å². The average Bonchev–Trinajstić information content (AvgIpc) is 2.58. The maximum atomic E-state index is 11.8. The van der Waals surface area contributed by atoms with Crippen molar-refractivity contribution in [3.8, 4) is 0 Å². The molecule has 1 aliphatic heterocycles. The Balaban J connectivity index is 2.13. The first-order chi connectivity index (χ1) is 8.06. The first-order valence-electron chi connectivity index (χ1n) is 5.33. The predicted molar refractivity (Wildman–Crippen MR) is 65.8 cm³/mol. The van der Waals surface area contributed by atoms with Crippen molar-refractivity contribution in [1.82, 2.24) is 9.97 Å². The van der Waals surface area contributed by atoms with E-state index in [-0.39, 0.29) is 16.3 Å². The summed E-state index contributed by atoms with van der Waals surface area (Å²) in [7, 11) is 0. The molecule has 0 radical (unpaired) electrons. The SMILES string of the molecule is CC(=O)SC1CC(=O)N(c2nccc(C)n2)C1. The Bertz CT molecular complexity index is 464. The molecule has 5 nitrogen and oxygen atoms in total. The minimum absolute atomic E-state index is 0.0177. The third kappa shape index (κ3) is 2.82. The summed E-state index contributed by atoms with van der Waals surface area (Å²) in [6.45, 7) is 3.88. The van der Waals surface area contributed by atoms with E-state index in [9.17, 15) is 9.59 Å². The van der Waals surface area contributed by atoms with Crippen molar-refractivity contribution in [2.75, 3.05) is 11.4 Å². The molecule has 6 heteroatoms. The highest BCUT2D eigenvalue weighted by atomic mass is 32.2. The summed E-state index contributed by atoms with van der Waals surface area (Å²) in [4.78, 5) is 32.7. The molecule has 0 saturated carbocycles. The monoisotopic (exact) mass is 251 g/mol. The van der Waals surface area contributed by atoms with E-state index in [1.54, 1.807) is 17.2 Å². The number of carbonyl (C=O) groups excluding carboxylic acids is 2. The van der Waals surface area contributed by atoms with Crippen molar-refractivity contribution in [2.24, 2.45) is 0 Å². The summed E-state index contributed by atoms with van der Waals surface area (Å²) in [5, 5.41) is 0.0546. The third-order valence-electron chi connectivity index (χ3n) is 2.45. The van der Waals surface area contributed by atoms with Crippen LogP contribution in [0, 0.1) is 6.92 Å². The second kappa shape index (κ2) is 4.83. The van der Waals surface area contributed by atoms with Gasteiger partial charge in [0, 0.05) is 37.0 Å². The Morgan fingerprint density at radius 2 is 2.35 bits per heavy atom. The molecule has 0 N–H and O–H groups in total. The van der Waals surface area contributed by atoms with E-state index in [2.05, 4.69) is 9.97 Å². The van der Waals surface area contributed by atoms with E-state index in [4.69, 9.17) is 0 Å². The molecule has 1 saturated heterocycles. The predicted octanol–water partition coefficient (Wildman–Crippen LogP) is 1.17. The lowest BCUT2D eigenvalue weighted by Gasteiger charge is -2.13. The van der Waals surface area contributed by atoms with Crippen LogP contribution < -0.4 is 4.90 Å². The van der Waals surface area contributed by atoms with E-state index in [0.717, 1.165) is 5.69 Å². The van der Waals surface area contributed by atoms with E-state index in [1.165, 1.54) is 18.7 Å². The van der Waals surface area contributed by atoms with Crippen molar-refractivity contribution in [1.29, 1.82) is 0 Å². The van der Waals surface area contributed by atoms with Gasteiger partial charge in [0.15, 0.2) is 5.12 Å². The molecule has 0 bridgehead atoms. The van der Waals surface area contributed by atoms with Gasteiger partial charge < -0.3 is 0 Å². The van der Waals surface area contributed by atoms with Gasteiger partial charge in [-0.15, -0.1) is 0 Å². The summed E-state index contributed by atoms with van der Waals surface area (Å²) in [6.07, 6.45) is 2.01. The number of rotatable bonds is 2. The van der Waals surface area contributed by atoms with Gasteiger partial charge in [-0.05, 0) is 13.0 Å². The van der Waals surface area contributed by atoms with Gasteiger partial charge in [0.2, 0.25) is 11.9 Å². The number of thioether (sulfide) groups is 1. The van der Waals surface area contributed by atoms with Gasteiger partial charge in [0.25, 0.3) is 0 Å². The van der Waals surface area contributed by atoms with Gasteiger partial charge in [-0.2, -0.15) is 0 Å². The number of anilines is 1. The van der Waals surface area contributed by atoms with Crippen LogP contribution in [0.2, 0.25) is 0 Å². The standard InChI is InChI=1S/C11H13N3O2S/c1-7-3-4-12-11(13-7)14-6-9(5-10(14)16)17-8(2)15/h3-4,9H,5-6H2,1-2H3. The minimum Gasteiger partial charge on any atom is -0.288 e. The first-order valence-corrected chi connectivity index (χ1v) is 6.21. The van der Waals surface area contributed by atoms with Crippen LogP contribution in [-0.4, -0.2) is 32.8 Å². The lowest BCUT2D eigenvalue weighted by molar-refractivity contribution is -0.117. The molecule has 0 aromatic carbocycles. The molecule has 1 aromatic heterocycles. The molecule has 1 unspecified atom stereocenters. The highest BCUT2D eigenvalue weighted by Gasteiger charge is 2.33. The zero-order chi connectivity index (χ0) is 12.4. The maximum Gasteiger partial charge on any atom is 0.232 e. The molecule has 0 spiro atoms. The second-order valence-electron chi connectivity index (χ2n) is 3.94. The summed E-state index contributed by atoms with van der Waals surface area (Å²) in [6, 6.07) is 1.78. The van der Waals surface area contributed by atoms with Crippen LogP contribution in [0.4, 0.5) is 5.95 Å². The average molecular weight is 251 g/mol.